The minimum absolute atomic E-state index is 0.539. The fraction of sp³-hybridized carbons (Fsp3) is 0.353. The Labute approximate surface area is 121 Å². The van der Waals surface area contributed by atoms with Crippen LogP contribution in [-0.2, 0) is 6.54 Å². The maximum atomic E-state index is 5.87. The van der Waals surface area contributed by atoms with Gasteiger partial charge in [-0.05, 0) is 36.2 Å². The summed E-state index contributed by atoms with van der Waals surface area (Å²) in [5.41, 5.74) is 2.31. The molecule has 0 amide bonds. The summed E-state index contributed by atoms with van der Waals surface area (Å²) in [5, 5.41) is 3.26. The first-order chi connectivity index (χ1) is 9.69. The molecule has 0 atom stereocenters. The molecule has 0 spiro atoms. The first-order valence-corrected chi connectivity index (χ1v) is 7.12. The van der Waals surface area contributed by atoms with Crippen molar-refractivity contribution in [2.45, 2.75) is 33.2 Å². The number of pyridine rings is 1. The highest BCUT2D eigenvalue weighted by atomic mass is 16.5. The van der Waals surface area contributed by atoms with Crippen LogP contribution in [0.1, 0.15) is 37.9 Å². The molecule has 0 bridgehead atoms. The molecule has 3 heteroatoms. The van der Waals surface area contributed by atoms with Gasteiger partial charge in [0.1, 0.15) is 11.5 Å². The number of nitrogens with zero attached hydrogens (tertiary/aromatic N) is 1. The molecule has 1 aromatic heterocycles. The van der Waals surface area contributed by atoms with Crippen molar-refractivity contribution in [3.05, 3.63) is 53.9 Å². The van der Waals surface area contributed by atoms with Crippen LogP contribution in [0.4, 0.5) is 0 Å². The van der Waals surface area contributed by atoms with Crippen LogP contribution >= 0.6 is 0 Å². The lowest BCUT2D eigenvalue weighted by Gasteiger charge is -2.09. The summed E-state index contributed by atoms with van der Waals surface area (Å²) >= 11 is 0. The van der Waals surface area contributed by atoms with E-state index >= 15 is 0 Å². The molecule has 2 aromatic rings. The van der Waals surface area contributed by atoms with Gasteiger partial charge in [-0.25, -0.2) is 0 Å². The van der Waals surface area contributed by atoms with Crippen molar-refractivity contribution in [1.82, 2.24) is 10.3 Å². The zero-order valence-electron chi connectivity index (χ0n) is 12.4. The van der Waals surface area contributed by atoms with Crippen molar-refractivity contribution < 1.29 is 4.74 Å². The number of ether oxygens (including phenoxy) is 1. The first kappa shape index (κ1) is 14.5. The van der Waals surface area contributed by atoms with Crippen LogP contribution in [-0.4, -0.2) is 11.5 Å². The number of rotatable bonds is 6. The average molecular weight is 270 g/mol. The van der Waals surface area contributed by atoms with E-state index in [1.54, 1.807) is 6.20 Å². The molecule has 106 valence electrons. The molecule has 0 aliphatic carbocycles. The van der Waals surface area contributed by atoms with E-state index in [-0.39, 0.29) is 0 Å². The zero-order chi connectivity index (χ0) is 14.4. The monoisotopic (exact) mass is 270 g/mol. The summed E-state index contributed by atoms with van der Waals surface area (Å²) in [6.07, 6.45) is 1.78. The number of aromatic nitrogens is 1. The third-order valence-corrected chi connectivity index (χ3v) is 3.13. The van der Waals surface area contributed by atoms with Crippen molar-refractivity contribution in [3.63, 3.8) is 0 Å². The third-order valence-electron chi connectivity index (χ3n) is 3.13. The molecule has 20 heavy (non-hydrogen) atoms. The van der Waals surface area contributed by atoms with Gasteiger partial charge in [0.05, 0.1) is 5.69 Å². The number of hydrogen-bond donors (Lipinski definition) is 1. The highest BCUT2D eigenvalue weighted by molar-refractivity contribution is 5.34. The molecule has 0 unspecified atom stereocenters. The Morgan fingerprint density at radius 3 is 2.50 bits per heavy atom. The quantitative estimate of drug-likeness (QED) is 0.857. The summed E-state index contributed by atoms with van der Waals surface area (Å²) in [6.45, 7) is 8.15. The van der Waals surface area contributed by atoms with Crippen molar-refractivity contribution in [3.8, 4) is 11.5 Å². The molecule has 3 nitrogen and oxygen atoms in total. The van der Waals surface area contributed by atoms with Gasteiger partial charge in [0.25, 0.3) is 0 Å². The van der Waals surface area contributed by atoms with E-state index in [1.807, 2.05) is 24.3 Å². The van der Waals surface area contributed by atoms with Crippen molar-refractivity contribution in [2.75, 3.05) is 6.54 Å². The van der Waals surface area contributed by atoms with Gasteiger partial charge in [0.2, 0.25) is 0 Å². The Morgan fingerprint density at radius 1 is 1.10 bits per heavy atom. The number of benzene rings is 1. The van der Waals surface area contributed by atoms with E-state index in [0.717, 1.165) is 30.3 Å². The molecule has 0 radical (unpaired) electrons. The predicted octanol–water partition coefficient (Wildman–Crippen LogP) is 4.11. The topological polar surface area (TPSA) is 34.1 Å². The lowest BCUT2D eigenvalue weighted by atomic mass is 10.0. The smallest absolute Gasteiger partial charge is 0.130 e. The van der Waals surface area contributed by atoms with E-state index in [9.17, 15) is 0 Å². The Hall–Kier alpha value is -1.87. The Morgan fingerprint density at radius 2 is 1.85 bits per heavy atom. The van der Waals surface area contributed by atoms with Gasteiger partial charge in [0.15, 0.2) is 0 Å². The fourth-order valence-corrected chi connectivity index (χ4v) is 1.93. The number of hydrogen-bond acceptors (Lipinski definition) is 3. The normalized spacial score (nSPS) is 10.8. The molecule has 1 N–H and O–H groups in total. The second-order valence-electron chi connectivity index (χ2n) is 5.09. The van der Waals surface area contributed by atoms with E-state index in [0.29, 0.717) is 5.92 Å². The molecule has 1 aromatic carbocycles. The van der Waals surface area contributed by atoms with Crippen molar-refractivity contribution >= 4 is 0 Å². The van der Waals surface area contributed by atoms with E-state index in [4.69, 9.17) is 4.74 Å². The Kier molecular flexibility index (Phi) is 5.13. The van der Waals surface area contributed by atoms with Crippen molar-refractivity contribution in [2.24, 2.45) is 0 Å². The molecule has 0 fully saturated rings. The average Bonchev–Trinajstić information content (AvgIpc) is 2.46. The van der Waals surface area contributed by atoms with Crippen LogP contribution in [0.15, 0.2) is 42.6 Å². The van der Waals surface area contributed by atoms with Crippen LogP contribution in [0.2, 0.25) is 0 Å². The van der Waals surface area contributed by atoms with Crippen molar-refractivity contribution in [1.29, 1.82) is 0 Å². The molecular weight excluding hydrogens is 248 g/mol. The summed E-state index contributed by atoms with van der Waals surface area (Å²) in [6, 6.07) is 12.1. The van der Waals surface area contributed by atoms with Gasteiger partial charge in [-0.15, -0.1) is 0 Å². The minimum atomic E-state index is 0.539. The number of nitrogens with one attached hydrogen (secondary N) is 1. The molecule has 0 aliphatic heterocycles. The molecule has 2 rings (SSSR count). The standard InChI is InChI=1S/C17H22N2O/c1-4-18-12-15-11-17(9-10-19-15)20-16-7-5-14(6-8-16)13(2)3/h5-11,13,18H,4,12H2,1-3H3. The van der Waals surface area contributed by atoms with Crippen LogP contribution in [0, 0.1) is 0 Å². The van der Waals surface area contributed by atoms with Gasteiger partial charge in [0, 0.05) is 18.8 Å². The molecular formula is C17H22N2O. The van der Waals surface area contributed by atoms with E-state index < -0.39 is 0 Å². The highest BCUT2D eigenvalue weighted by Gasteiger charge is 2.02. The summed E-state index contributed by atoms with van der Waals surface area (Å²) in [4.78, 5) is 4.31. The highest BCUT2D eigenvalue weighted by Crippen LogP contribution is 2.24. The zero-order valence-corrected chi connectivity index (χ0v) is 12.4. The third kappa shape index (κ3) is 4.07. The molecule has 1 heterocycles. The van der Waals surface area contributed by atoms with Gasteiger partial charge in [-0.1, -0.05) is 32.9 Å². The first-order valence-electron chi connectivity index (χ1n) is 7.12. The lowest BCUT2D eigenvalue weighted by molar-refractivity contribution is 0.480. The second kappa shape index (κ2) is 7.06. The summed E-state index contributed by atoms with van der Waals surface area (Å²) in [5.74, 6) is 2.22. The maximum absolute atomic E-state index is 5.87. The fourth-order valence-electron chi connectivity index (χ4n) is 1.93. The summed E-state index contributed by atoms with van der Waals surface area (Å²) in [7, 11) is 0. The van der Waals surface area contributed by atoms with Crippen LogP contribution in [0.3, 0.4) is 0 Å². The van der Waals surface area contributed by atoms with Crippen LogP contribution < -0.4 is 10.1 Å². The van der Waals surface area contributed by atoms with E-state index in [1.165, 1.54) is 5.56 Å². The summed E-state index contributed by atoms with van der Waals surface area (Å²) < 4.78 is 5.87. The maximum Gasteiger partial charge on any atom is 0.130 e. The Bertz CT molecular complexity index is 535. The molecule has 0 aliphatic rings. The largest absolute Gasteiger partial charge is 0.457 e. The minimum Gasteiger partial charge on any atom is -0.457 e. The molecule has 0 saturated heterocycles. The SMILES string of the molecule is CCNCc1cc(Oc2ccc(C(C)C)cc2)ccn1. The van der Waals surface area contributed by atoms with Gasteiger partial charge in [-0.3, -0.25) is 4.98 Å². The van der Waals surface area contributed by atoms with Crippen LogP contribution in [0.25, 0.3) is 0 Å². The van der Waals surface area contributed by atoms with Gasteiger partial charge >= 0.3 is 0 Å². The van der Waals surface area contributed by atoms with Gasteiger partial charge in [-0.2, -0.15) is 0 Å². The van der Waals surface area contributed by atoms with Crippen LogP contribution in [0.5, 0.6) is 11.5 Å². The lowest BCUT2D eigenvalue weighted by Crippen LogP contribution is -2.12. The molecule has 0 saturated carbocycles. The predicted molar refractivity (Wildman–Crippen MR) is 82.2 cm³/mol. The van der Waals surface area contributed by atoms with Gasteiger partial charge < -0.3 is 10.1 Å². The Balaban J connectivity index is 2.05. The van der Waals surface area contributed by atoms with E-state index in [2.05, 4.69) is 43.2 Å². The second-order valence-corrected chi connectivity index (χ2v) is 5.09.